The first-order valence-electron chi connectivity index (χ1n) is 6.16. The van der Waals surface area contributed by atoms with Crippen molar-refractivity contribution < 1.29 is 0 Å². The molecule has 0 bridgehead atoms. The first kappa shape index (κ1) is 12.6. The molecular formula is C14H18N4. The van der Waals surface area contributed by atoms with Gasteiger partial charge in [0.15, 0.2) is 5.82 Å². The minimum atomic E-state index is -0.0478. The summed E-state index contributed by atoms with van der Waals surface area (Å²) in [5, 5.41) is 0. The summed E-state index contributed by atoms with van der Waals surface area (Å²) in [5.74, 6) is 0.675. The third kappa shape index (κ3) is 2.38. The highest BCUT2D eigenvalue weighted by Gasteiger charge is 2.11. The van der Waals surface area contributed by atoms with Gasteiger partial charge in [0.05, 0.1) is 0 Å². The molecule has 0 aliphatic carbocycles. The molecule has 2 heterocycles. The lowest BCUT2D eigenvalue weighted by Gasteiger charge is -2.10. The maximum Gasteiger partial charge on any atom is 0.178 e. The van der Waals surface area contributed by atoms with Crippen molar-refractivity contribution in [1.82, 2.24) is 15.0 Å². The molecule has 0 saturated heterocycles. The van der Waals surface area contributed by atoms with Crippen LogP contribution in [0.3, 0.4) is 0 Å². The van der Waals surface area contributed by atoms with E-state index in [0.29, 0.717) is 5.82 Å². The fourth-order valence-corrected chi connectivity index (χ4v) is 1.96. The van der Waals surface area contributed by atoms with E-state index in [-0.39, 0.29) is 6.04 Å². The van der Waals surface area contributed by atoms with Gasteiger partial charge in [-0.3, -0.25) is 4.98 Å². The zero-order chi connectivity index (χ0) is 13.1. The molecule has 18 heavy (non-hydrogen) atoms. The first-order valence-corrected chi connectivity index (χ1v) is 6.16. The molecule has 0 spiro atoms. The van der Waals surface area contributed by atoms with Gasteiger partial charge in [0.1, 0.15) is 5.69 Å². The number of nitrogens with zero attached hydrogens (tertiary/aromatic N) is 3. The van der Waals surface area contributed by atoms with Crippen LogP contribution in [0.25, 0.3) is 11.5 Å². The predicted molar refractivity (Wildman–Crippen MR) is 72.0 cm³/mol. The summed E-state index contributed by atoms with van der Waals surface area (Å²) in [6.45, 7) is 5.99. The summed E-state index contributed by atoms with van der Waals surface area (Å²) in [7, 11) is 0. The number of hydrogen-bond donors (Lipinski definition) is 1. The van der Waals surface area contributed by atoms with Crippen LogP contribution in [0.15, 0.2) is 24.5 Å². The van der Waals surface area contributed by atoms with Crippen LogP contribution in [0, 0.1) is 6.92 Å². The van der Waals surface area contributed by atoms with Crippen molar-refractivity contribution in [3.63, 3.8) is 0 Å². The van der Waals surface area contributed by atoms with Crippen molar-refractivity contribution in [1.29, 1.82) is 0 Å². The quantitative estimate of drug-likeness (QED) is 0.897. The van der Waals surface area contributed by atoms with Gasteiger partial charge in [-0.2, -0.15) is 0 Å². The Morgan fingerprint density at radius 2 is 2.11 bits per heavy atom. The van der Waals surface area contributed by atoms with Gasteiger partial charge in [0.2, 0.25) is 0 Å². The summed E-state index contributed by atoms with van der Waals surface area (Å²) >= 11 is 0. The molecule has 0 unspecified atom stereocenters. The SMILES string of the molecule is CCc1cccnc1-c1ncc([C@H](C)N)c(C)n1. The Morgan fingerprint density at radius 1 is 1.33 bits per heavy atom. The second-order valence-electron chi connectivity index (χ2n) is 4.39. The molecule has 0 amide bonds. The molecule has 0 aliphatic rings. The maximum atomic E-state index is 5.86. The molecule has 0 aromatic carbocycles. The van der Waals surface area contributed by atoms with Gasteiger partial charge in [-0.25, -0.2) is 9.97 Å². The monoisotopic (exact) mass is 242 g/mol. The molecule has 2 aromatic heterocycles. The molecule has 94 valence electrons. The number of pyridine rings is 1. The molecule has 2 aromatic rings. The lowest BCUT2D eigenvalue weighted by molar-refractivity contribution is 0.789. The van der Waals surface area contributed by atoms with Gasteiger partial charge >= 0.3 is 0 Å². The van der Waals surface area contributed by atoms with E-state index in [1.165, 1.54) is 0 Å². The van der Waals surface area contributed by atoms with Crippen molar-refractivity contribution in [2.75, 3.05) is 0 Å². The van der Waals surface area contributed by atoms with Crippen LogP contribution in [0.1, 0.15) is 36.7 Å². The predicted octanol–water partition coefficient (Wildman–Crippen LogP) is 2.43. The highest BCUT2D eigenvalue weighted by molar-refractivity contribution is 5.54. The number of nitrogens with two attached hydrogens (primary N) is 1. The maximum absolute atomic E-state index is 5.86. The van der Waals surface area contributed by atoms with Crippen molar-refractivity contribution >= 4 is 0 Å². The second kappa shape index (κ2) is 5.23. The highest BCUT2D eigenvalue weighted by Crippen LogP contribution is 2.20. The Bertz CT molecular complexity index is 549. The van der Waals surface area contributed by atoms with E-state index in [2.05, 4.69) is 27.9 Å². The van der Waals surface area contributed by atoms with Crippen LogP contribution < -0.4 is 5.73 Å². The smallest absolute Gasteiger partial charge is 0.178 e. The van der Waals surface area contributed by atoms with Crippen LogP contribution in [-0.4, -0.2) is 15.0 Å². The zero-order valence-corrected chi connectivity index (χ0v) is 11.0. The molecule has 2 N–H and O–H groups in total. The summed E-state index contributed by atoms with van der Waals surface area (Å²) < 4.78 is 0. The van der Waals surface area contributed by atoms with E-state index in [1.54, 1.807) is 12.4 Å². The number of hydrogen-bond acceptors (Lipinski definition) is 4. The summed E-state index contributed by atoms with van der Waals surface area (Å²) in [4.78, 5) is 13.3. The van der Waals surface area contributed by atoms with Gasteiger partial charge in [0, 0.05) is 29.7 Å². The largest absolute Gasteiger partial charge is 0.324 e. The van der Waals surface area contributed by atoms with Gasteiger partial charge in [-0.05, 0) is 31.9 Å². The Balaban J connectivity index is 2.49. The number of aryl methyl sites for hydroxylation is 2. The molecule has 0 saturated carbocycles. The first-order chi connectivity index (χ1) is 8.63. The molecule has 4 nitrogen and oxygen atoms in total. The average Bonchev–Trinajstić information content (AvgIpc) is 2.38. The Labute approximate surface area is 107 Å². The molecule has 0 fully saturated rings. The fraction of sp³-hybridized carbons (Fsp3) is 0.357. The van der Waals surface area contributed by atoms with Crippen LogP contribution in [0.2, 0.25) is 0 Å². The number of aromatic nitrogens is 3. The van der Waals surface area contributed by atoms with E-state index in [1.807, 2.05) is 19.9 Å². The van der Waals surface area contributed by atoms with E-state index >= 15 is 0 Å². The summed E-state index contributed by atoms with van der Waals surface area (Å²) in [6, 6.07) is 3.94. The van der Waals surface area contributed by atoms with E-state index in [4.69, 9.17) is 5.73 Å². The highest BCUT2D eigenvalue weighted by atomic mass is 14.9. The van der Waals surface area contributed by atoms with Crippen LogP contribution in [0.5, 0.6) is 0 Å². The van der Waals surface area contributed by atoms with Crippen molar-refractivity contribution in [2.45, 2.75) is 33.2 Å². The Kier molecular flexibility index (Phi) is 3.67. The zero-order valence-electron chi connectivity index (χ0n) is 11.0. The summed E-state index contributed by atoms with van der Waals surface area (Å²) in [6.07, 6.45) is 4.49. The Hall–Kier alpha value is -1.81. The molecule has 2 rings (SSSR count). The Morgan fingerprint density at radius 3 is 2.72 bits per heavy atom. The molecule has 0 radical (unpaired) electrons. The minimum Gasteiger partial charge on any atom is -0.324 e. The van der Waals surface area contributed by atoms with Gasteiger partial charge in [-0.1, -0.05) is 13.0 Å². The lowest BCUT2D eigenvalue weighted by Crippen LogP contribution is -2.10. The molecule has 0 aliphatic heterocycles. The van der Waals surface area contributed by atoms with E-state index in [0.717, 1.165) is 28.9 Å². The standard InChI is InChI=1S/C14H18N4/c1-4-11-6-5-7-16-13(11)14-17-8-12(9(2)15)10(3)18-14/h5-9H,4,15H2,1-3H3/t9-/m0/s1. The lowest BCUT2D eigenvalue weighted by atomic mass is 10.1. The topological polar surface area (TPSA) is 64.7 Å². The van der Waals surface area contributed by atoms with Gasteiger partial charge < -0.3 is 5.73 Å². The minimum absolute atomic E-state index is 0.0478. The van der Waals surface area contributed by atoms with Crippen molar-refractivity contribution in [3.8, 4) is 11.5 Å². The number of rotatable bonds is 3. The third-order valence-electron chi connectivity index (χ3n) is 2.99. The molecular weight excluding hydrogens is 224 g/mol. The second-order valence-corrected chi connectivity index (χ2v) is 4.39. The van der Waals surface area contributed by atoms with Crippen LogP contribution >= 0.6 is 0 Å². The average molecular weight is 242 g/mol. The van der Waals surface area contributed by atoms with Crippen molar-refractivity contribution in [2.24, 2.45) is 5.73 Å². The molecule has 4 heteroatoms. The normalized spacial score (nSPS) is 12.4. The fourth-order valence-electron chi connectivity index (χ4n) is 1.96. The van der Waals surface area contributed by atoms with Gasteiger partial charge in [-0.15, -0.1) is 0 Å². The summed E-state index contributed by atoms with van der Waals surface area (Å²) in [5.41, 5.74) is 9.78. The van der Waals surface area contributed by atoms with E-state index < -0.39 is 0 Å². The van der Waals surface area contributed by atoms with Crippen LogP contribution in [0.4, 0.5) is 0 Å². The van der Waals surface area contributed by atoms with Crippen molar-refractivity contribution in [3.05, 3.63) is 41.3 Å². The van der Waals surface area contributed by atoms with E-state index in [9.17, 15) is 0 Å². The van der Waals surface area contributed by atoms with Crippen LogP contribution in [-0.2, 0) is 6.42 Å². The molecule has 1 atom stereocenters. The van der Waals surface area contributed by atoms with Gasteiger partial charge in [0.25, 0.3) is 0 Å². The third-order valence-corrected chi connectivity index (χ3v) is 2.99.